The van der Waals surface area contributed by atoms with Crippen molar-refractivity contribution in [2.75, 3.05) is 33.3 Å². The quantitative estimate of drug-likeness (QED) is 0.778. The van der Waals surface area contributed by atoms with Crippen molar-refractivity contribution in [1.82, 2.24) is 10.2 Å². The first kappa shape index (κ1) is 14.7. The number of nitrogens with one attached hydrogen (secondary N) is 1. The van der Waals surface area contributed by atoms with E-state index in [0.717, 1.165) is 38.5 Å². The zero-order valence-electron chi connectivity index (χ0n) is 10.5. The number of amides is 1. The van der Waals surface area contributed by atoms with Crippen molar-refractivity contribution in [3.63, 3.8) is 0 Å². The van der Waals surface area contributed by atoms with Crippen LogP contribution in [0.15, 0.2) is 0 Å². The Morgan fingerprint density at radius 3 is 2.76 bits per heavy atom. The highest BCUT2D eigenvalue weighted by molar-refractivity contribution is 5.85. The molecule has 1 saturated carbocycles. The maximum atomic E-state index is 11.7. The van der Waals surface area contributed by atoms with Crippen molar-refractivity contribution in [3.05, 3.63) is 0 Å². The fraction of sp³-hybridized carbons (Fsp3) is 0.917. The minimum absolute atomic E-state index is 0. The molecule has 1 saturated heterocycles. The van der Waals surface area contributed by atoms with E-state index in [1.165, 1.54) is 12.8 Å². The Kier molecular flexibility index (Phi) is 6.23. The predicted octanol–water partition coefficient (Wildman–Crippen LogP) is 1.05. The average Bonchev–Trinajstić information content (AvgIpc) is 2.95. The van der Waals surface area contributed by atoms with Crippen molar-refractivity contribution < 1.29 is 9.53 Å². The monoisotopic (exact) mass is 262 g/mol. The van der Waals surface area contributed by atoms with E-state index in [1.54, 1.807) is 4.90 Å². The highest BCUT2D eigenvalue weighted by atomic mass is 35.5. The molecule has 0 radical (unpaired) electrons. The van der Waals surface area contributed by atoms with Crippen molar-refractivity contribution in [2.45, 2.75) is 31.8 Å². The van der Waals surface area contributed by atoms with Crippen LogP contribution in [0, 0.1) is 5.92 Å². The largest absolute Gasteiger partial charge is 0.376 e. The van der Waals surface area contributed by atoms with Gasteiger partial charge in [0.25, 0.3) is 0 Å². The number of hydrogen-bond donors (Lipinski definition) is 1. The first-order valence-corrected chi connectivity index (χ1v) is 6.32. The standard InChI is InChI=1S/C12H22N2O2.ClH/c1-14(9-11-3-2-6-16-11)12(15)8-13-7-10-4-5-10;/h10-11,13H,2-9H2,1H3;1H. The van der Waals surface area contributed by atoms with Gasteiger partial charge in [-0.05, 0) is 38.1 Å². The predicted molar refractivity (Wildman–Crippen MR) is 69.5 cm³/mol. The Morgan fingerprint density at radius 2 is 2.18 bits per heavy atom. The van der Waals surface area contributed by atoms with Crippen LogP contribution in [0.5, 0.6) is 0 Å². The molecule has 2 aliphatic rings. The summed E-state index contributed by atoms with van der Waals surface area (Å²) in [6.07, 6.45) is 5.14. The van der Waals surface area contributed by atoms with Gasteiger partial charge in [-0.2, -0.15) is 0 Å². The zero-order valence-corrected chi connectivity index (χ0v) is 11.3. The molecule has 1 aliphatic heterocycles. The van der Waals surface area contributed by atoms with Gasteiger partial charge in [0.15, 0.2) is 0 Å². The first-order chi connectivity index (χ1) is 7.75. The Bertz CT molecular complexity index is 241. The van der Waals surface area contributed by atoms with Crippen LogP contribution < -0.4 is 5.32 Å². The van der Waals surface area contributed by atoms with Gasteiger partial charge < -0.3 is 15.0 Å². The number of rotatable bonds is 6. The van der Waals surface area contributed by atoms with Gasteiger partial charge in [0.05, 0.1) is 12.6 Å². The molecule has 17 heavy (non-hydrogen) atoms. The molecule has 2 rings (SSSR count). The van der Waals surface area contributed by atoms with Gasteiger partial charge in [-0.1, -0.05) is 0 Å². The minimum Gasteiger partial charge on any atom is -0.376 e. The Hall–Kier alpha value is -0.320. The van der Waals surface area contributed by atoms with Crippen LogP contribution in [0.4, 0.5) is 0 Å². The third-order valence-electron chi connectivity index (χ3n) is 3.33. The summed E-state index contributed by atoms with van der Waals surface area (Å²) in [7, 11) is 1.86. The Balaban J connectivity index is 0.00000144. The van der Waals surface area contributed by atoms with Crippen LogP contribution in [-0.4, -0.2) is 50.2 Å². The lowest BCUT2D eigenvalue weighted by atomic mass is 10.2. The number of carbonyl (C=O) groups is 1. The molecule has 1 atom stereocenters. The van der Waals surface area contributed by atoms with Gasteiger partial charge in [-0.25, -0.2) is 0 Å². The van der Waals surface area contributed by atoms with E-state index in [0.29, 0.717) is 6.54 Å². The number of ether oxygens (including phenoxy) is 1. The molecule has 4 nitrogen and oxygen atoms in total. The van der Waals surface area contributed by atoms with E-state index >= 15 is 0 Å². The molecule has 100 valence electrons. The summed E-state index contributed by atoms with van der Waals surface area (Å²) >= 11 is 0. The van der Waals surface area contributed by atoms with Crippen LogP contribution in [-0.2, 0) is 9.53 Å². The van der Waals surface area contributed by atoms with Gasteiger partial charge in [-0.15, -0.1) is 12.4 Å². The highest BCUT2D eigenvalue weighted by Crippen LogP contribution is 2.27. The summed E-state index contributed by atoms with van der Waals surface area (Å²) in [5.74, 6) is 1.01. The van der Waals surface area contributed by atoms with Gasteiger partial charge in [0, 0.05) is 20.2 Å². The second-order valence-electron chi connectivity index (χ2n) is 4.98. The van der Waals surface area contributed by atoms with Crippen molar-refractivity contribution >= 4 is 18.3 Å². The third-order valence-corrected chi connectivity index (χ3v) is 3.33. The molecule has 0 aromatic carbocycles. The molecule has 0 bridgehead atoms. The zero-order chi connectivity index (χ0) is 11.4. The molecule has 0 aromatic heterocycles. The number of nitrogens with zero attached hydrogens (tertiary/aromatic N) is 1. The van der Waals surface area contributed by atoms with E-state index in [4.69, 9.17) is 4.74 Å². The number of hydrogen-bond acceptors (Lipinski definition) is 3. The summed E-state index contributed by atoms with van der Waals surface area (Å²) in [5.41, 5.74) is 0. The summed E-state index contributed by atoms with van der Waals surface area (Å²) < 4.78 is 5.51. The molecule has 0 spiro atoms. The average molecular weight is 263 g/mol. The maximum Gasteiger partial charge on any atom is 0.236 e. The minimum atomic E-state index is 0. The lowest BCUT2D eigenvalue weighted by molar-refractivity contribution is -0.130. The molecular weight excluding hydrogens is 240 g/mol. The normalized spacial score (nSPS) is 23.2. The molecule has 2 fully saturated rings. The second kappa shape index (κ2) is 7.19. The van der Waals surface area contributed by atoms with E-state index in [2.05, 4.69) is 5.32 Å². The number of carbonyl (C=O) groups excluding carboxylic acids is 1. The van der Waals surface area contributed by atoms with Crippen molar-refractivity contribution in [1.29, 1.82) is 0 Å². The summed E-state index contributed by atoms with van der Waals surface area (Å²) in [6.45, 7) is 3.07. The summed E-state index contributed by atoms with van der Waals surface area (Å²) in [4.78, 5) is 13.5. The van der Waals surface area contributed by atoms with Crippen LogP contribution in [0.1, 0.15) is 25.7 Å². The van der Waals surface area contributed by atoms with Gasteiger partial charge >= 0.3 is 0 Å². The third kappa shape index (κ3) is 5.23. The molecule has 1 heterocycles. The van der Waals surface area contributed by atoms with E-state index in [-0.39, 0.29) is 24.4 Å². The second-order valence-corrected chi connectivity index (χ2v) is 4.98. The Labute approximate surface area is 109 Å². The molecule has 1 unspecified atom stereocenters. The highest BCUT2D eigenvalue weighted by Gasteiger charge is 2.22. The first-order valence-electron chi connectivity index (χ1n) is 6.32. The van der Waals surface area contributed by atoms with Gasteiger partial charge in [0.1, 0.15) is 0 Å². The fourth-order valence-electron chi connectivity index (χ4n) is 2.04. The molecule has 5 heteroatoms. The van der Waals surface area contributed by atoms with Crippen molar-refractivity contribution in [3.8, 4) is 0 Å². The molecular formula is C12H23ClN2O2. The lowest BCUT2D eigenvalue weighted by Gasteiger charge is -2.21. The van der Waals surface area contributed by atoms with Crippen molar-refractivity contribution in [2.24, 2.45) is 5.92 Å². The van der Waals surface area contributed by atoms with Gasteiger partial charge in [-0.3, -0.25) is 4.79 Å². The van der Waals surface area contributed by atoms with Crippen LogP contribution in [0.25, 0.3) is 0 Å². The summed E-state index contributed by atoms with van der Waals surface area (Å²) in [6, 6.07) is 0. The maximum absolute atomic E-state index is 11.7. The number of halogens is 1. The van der Waals surface area contributed by atoms with Gasteiger partial charge in [0.2, 0.25) is 5.91 Å². The molecule has 1 amide bonds. The summed E-state index contributed by atoms with van der Waals surface area (Å²) in [5, 5.41) is 3.22. The van der Waals surface area contributed by atoms with Crippen LogP contribution in [0.2, 0.25) is 0 Å². The Morgan fingerprint density at radius 1 is 1.41 bits per heavy atom. The molecule has 1 N–H and O–H groups in total. The SMILES string of the molecule is CN(CC1CCCO1)C(=O)CNCC1CC1.Cl. The van der Waals surface area contributed by atoms with E-state index in [9.17, 15) is 4.79 Å². The van der Waals surface area contributed by atoms with Crippen LogP contribution in [0.3, 0.4) is 0 Å². The molecule has 1 aliphatic carbocycles. The fourth-order valence-corrected chi connectivity index (χ4v) is 2.04. The van der Waals surface area contributed by atoms with Crippen LogP contribution >= 0.6 is 12.4 Å². The van der Waals surface area contributed by atoms with E-state index in [1.807, 2.05) is 7.05 Å². The van der Waals surface area contributed by atoms with E-state index < -0.39 is 0 Å². The molecule has 0 aromatic rings. The smallest absolute Gasteiger partial charge is 0.236 e. The lowest BCUT2D eigenvalue weighted by Crippen LogP contribution is -2.40. The topological polar surface area (TPSA) is 41.6 Å². The number of likely N-dealkylation sites (N-methyl/N-ethyl adjacent to an activating group) is 1.